The minimum atomic E-state index is -0.824. The number of fused-ring (bicyclic) bond motifs is 1. The van der Waals surface area contributed by atoms with Crippen LogP contribution in [0.5, 0.6) is 0 Å². The van der Waals surface area contributed by atoms with E-state index in [1.54, 1.807) is 56.3 Å². The second kappa shape index (κ2) is 9.47. The Morgan fingerprint density at radius 1 is 1.08 bits per heavy atom. The minimum absolute atomic E-state index is 0.0360. The first-order valence-corrected chi connectivity index (χ1v) is 12.3. The van der Waals surface area contributed by atoms with E-state index in [4.69, 9.17) is 9.15 Å². The number of carbonyl (C=O) groups is 3. The lowest BCUT2D eigenvalue weighted by atomic mass is 9.99. The predicted molar refractivity (Wildman–Crippen MR) is 136 cm³/mol. The number of furan rings is 1. The number of para-hydroxylation sites is 1. The summed E-state index contributed by atoms with van der Waals surface area (Å²) in [5.41, 5.74) is 1.71. The molecule has 0 fully saturated rings. The second-order valence-corrected chi connectivity index (χ2v) is 9.69. The van der Waals surface area contributed by atoms with Gasteiger partial charge in [-0.2, -0.15) is 0 Å². The molecule has 0 radical (unpaired) electrons. The minimum Gasteiger partial charge on any atom is -0.503 e. The number of ether oxygens (including phenoxy) is 1. The number of ketones is 1. The van der Waals surface area contributed by atoms with Crippen molar-refractivity contribution >= 4 is 45.7 Å². The summed E-state index contributed by atoms with van der Waals surface area (Å²) in [4.78, 5) is 41.0. The number of hydrogen-bond donors (Lipinski definition) is 1. The van der Waals surface area contributed by atoms with Crippen LogP contribution in [0.4, 0.5) is 5.69 Å². The SMILES string of the molecule is CC(C)OC(=O)Cc1ccc(N2C(=O)C(O)=C(C(=O)c3cc4ccccc4o3)C2c2cccs2)cc1. The molecule has 0 spiro atoms. The number of amides is 1. The molecule has 1 atom stereocenters. The fraction of sp³-hybridized carbons (Fsp3) is 0.179. The molecule has 0 saturated heterocycles. The maximum absolute atomic E-state index is 13.6. The van der Waals surface area contributed by atoms with Gasteiger partial charge < -0.3 is 14.3 Å². The Labute approximate surface area is 211 Å². The van der Waals surface area contributed by atoms with Crippen LogP contribution in [-0.4, -0.2) is 28.9 Å². The van der Waals surface area contributed by atoms with Crippen LogP contribution in [0.1, 0.15) is 40.9 Å². The summed E-state index contributed by atoms with van der Waals surface area (Å²) in [6, 6.07) is 18.5. The number of thiophene rings is 1. The summed E-state index contributed by atoms with van der Waals surface area (Å²) >= 11 is 1.38. The van der Waals surface area contributed by atoms with Gasteiger partial charge in [-0.15, -0.1) is 11.3 Å². The monoisotopic (exact) mass is 501 g/mol. The van der Waals surface area contributed by atoms with Crippen molar-refractivity contribution in [3.63, 3.8) is 0 Å². The molecule has 1 unspecified atom stereocenters. The molecule has 4 aromatic rings. The zero-order valence-electron chi connectivity index (χ0n) is 19.6. The molecule has 1 aliphatic heterocycles. The molecule has 2 aromatic carbocycles. The Hall–Kier alpha value is -4.17. The molecule has 2 aromatic heterocycles. The standard InChI is InChI=1S/C28H23NO6S/c1-16(2)34-23(30)14-17-9-11-19(12-10-17)29-25(22-8-5-13-36-22)24(27(32)28(29)33)26(31)21-15-18-6-3-4-7-20(18)35-21/h3-13,15-16,25,32H,14H2,1-2H3. The number of rotatable bonds is 7. The van der Waals surface area contributed by atoms with Gasteiger partial charge in [0.25, 0.3) is 5.91 Å². The first kappa shape index (κ1) is 23.6. The van der Waals surface area contributed by atoms with Crippen molar-refractivity contribution in [2.45, 2.75) is 32.4 Å². The van der Waals surface area contributed by atoms with Crippen LogP contribution in [0.2, 0.25) is 0 Å². The smallest absolute Gasteiger partial charge is 0.310 e. The van der Waals surface area contributed by atoms with Gasteiger partial charge in [0.2, 0.25) is 5.78 Å². The van der Waals surface area contributed by atoms with E-state index in [-0.39, 0.29) is 29.8 Å². The molecule has 1 amide bonds. The molecule has 7 nitrogen and oxygen atoms in total. The van der Waals surface area contributed by atoms with Crippen LogP contribution < -0.4 is 4.90 Å². The van der Waals surface area contributed by atoms with Gasteiger partial charge in [-0.05, 0) is 55.1 Å². The number of hydrogen-bond acceptors (Lipinski definition) is 7. The van der Waals surface area contributed by atoms with Crippen molar-refractivity contribution in [1.29, 1.82) is 0 Å². The lowest BCUT2D eigenvalue weighted by Gasteiger charge is -2.25. The summed E-state index contributed by atoms with van der Waals surface area (Å²) in [7, 11) is 0. The number of anilines is 1. The molecule has 36 heavy (non-hydrogen) atoms. The van der Waals surface area contributed by atoms with Crippen molar-refractivity contribution in [2.75, 3.05) is 4.90 Å². The largest absolute Gasteiger partial charge is 0.503 e. The van der Waals surface area contributed by atoms with Gasteiger partial charge >= 0.3 is 5.97 Å². The molecule has 1 N–H and O–H groups in total. The number of benzene rings is 2. The molecule has 1 aliphatic rings. The zero-order chi connectivity index (χ0) is 25.4. The normalized spacial score (nSPS) is 15.8. The van der Waals surface area contributed by atoms with Crippen LogP contribution >= 0.6 is 11.3 Å². The van der Waals surface area contributed by atoms with Crippen LogP contribution in [0, 0.1) is 0 Å². The number of aliphatic hydroxyl groups excluding tert-OH is 1. The highest BCUT2D eigenvalue weighted by molar-refractivity contribution is 7.10. The maximum Gasteiger partial charge on any atom is 0.310 e. The first-order chi connectivity index (χ1) is 17.3. The van der Waals surface area contributed by atoms with E-state index < -0.39 is 23.5 Å². The van der Waals surface area contributed by atoms with Gasteiger partial charge in [-0.3, -0.25) is 19.3 Å². The fourth-order valence-corrected chi connectivity index (χ4v) is 5.12. The highest BCUT2D eigenvalue weighted by Crippen LogP contribution is 2.43. The Morgan fingerprint density at radius 2 is 1.83 bits per heavy atom. The van der Waals surface area contributed by atoms with E-state index in [2.05, 4.69) is 0 Å². The Balaban J connectivity index is 1.50. The maximum atomic E-state index is 13.6. The van der Waals surface area contributed by atoms with Gasteiger partial charge in [-0.1, -0.05) is 36.4 Å². The second-order valence-electron chi connectivity index (χ2n) is 8.71. The van der Waals surface area contributed by atoms with Crippen LogP contribution in [0.15, 0.2) is 87.9 Å². The number of Topliss-reactive ketones (excluding diaryl/α,β-unsaturated/α-hetero) is 1. The fourth-order valence-electron chi connectivity index (χ4n) is 4.29. The summed E-state index contributed by atoms with van der Waals surface area (Å²) in [6.07, 6.45) is -0.109. The van der Waals surface area contributed by atoms with E-state index in [1.165, 1.54) is 16.2 Å². The van der Waals surface area contributed by atoms with Gasteiger partial charge in [0.05, 0.1) is 18.1 Å². The summed E-state index contributed by atoms with van der Waals surface area (Å²) in [6.45, 7) is 3.57. The van der Waals surface area contributed by atoms with Crippen molar-refractivity contribution in [1.82, 2.24) is 0 Å². The Kier molecular flexibility index (Phi) is 6.20. The highest BCUT2D eigenvalue weighted by Gasteiger charge is 2.45. The molecular weight excluding hydrogens is 478 g/mol. The lowest BCUT2D eigenvalue weighted by Crippen LogP contribution is -2.30. The molecular formula is C28H23NO6S. The molecule has 0 saturated carbocycles. The Bertz CT molecular complexity index is 1450. The van der Waals surface area contributed by atoms with Crippen molar-refractivity contribution < 1.29 is 28.6 Å². The van der Waals surface area contributed by atoms with E-state index in [9.17, 15) is 19.5 Å². The van der Waals surface area contributed by atoms with Gasteiger partial charge in [0.1, 0.15) is 11.6 Å². The summed E-state index contributed by atoms with van der Waals surface area (Å²) < 4.78 is 10.9. The average Bonchev–Trinajstić information content (AvgIpc) is 3.58. The molecule has 5 rings (SSSR count). The van der Waals surface area contributed by atoms with Crippen molar-refractivity contribution in [3.8, 4) is 0 Å². The first-order valence-electron chi connectivity index (χ1n) is 11.4. The molecule has 3 heterocycles. The van der Waals surface area contributed by atoms with Gasteiger partial charge in [0, 0.05) is 16.0 Å². The number of aliphatic hydroxyl groups is 1. The highest BCUT2D eigenvalue weighted by atomic mass is 32.1. The third-order valence-corrected chi connectivity index (χ3v) is 6.77. The Morgan fingerprint density at radius 3 is 2.50 bits per heavy atom. The molecule has 182 valence electrons. The molecule has 8 heteroatoms. The van der Waals surface area contributed by atoms with Crippen molar-refractivity contribution in [2.24, 2.45) is 0 Å². The number of nitrogens with zero attached hydrogens (tertiary/aromatic N) is 1. The van der Waals surface area contributed by atoms with E-state index >= 15 is 0 Å². The van der Waals surface area contributed by atoms with E-state index in [0.29, 0.717) is 11.3 Å². The topological polar surface area (TPSA) is 97.0 Å². The summed E-state index contributed by atoms with van der Waals surface area (Å²) in [5, 5.41) is 13.5. The zero-order valence-corrected chi connectivity index (χ0v) is 20.5. The summed E-state index contributed by atoms with van der Waals surface area (Å²) in [5.74, 6) is -2.13. The predicted octanol–water partition coefficient (Wildman–Crippen LogP) is 5.77. The molecule has 0 aliphatic carbocycles. The third kappa shape index (κ3) is 4.31. The quantitative estimate of drug-likeness (QED) is 0.255. The average molecular weight is 502 g/mol. The third-order valence-electron chi connectivity index (χ3n) is 5.84. The van der Waals surface area contributed by atoms with Crippen LogP contribution in [0.25, 0.3) is 11.0 Å². The van der Waals surface area contributed by atoms with Gasteiger partial charge in [0.15, 0.2) is 11.5 Å². The lowest BCUT2D eigenvalue weighted by molar-refractivity contribution is -0.146. The van der Waals surface area contributed by atoms with E-state index in [0.717, 1.165) is 15.8 Å². The van der Waals surface area contributed by atoms with Gasteiger partial charge in [-0.25, -0.2) is 0 Å². The van der Waals surface area contributed by atoms with Crippen molar-refractivity contribution in [3.05, 3.63) is 99.6 Å². The molecule has 0 bridgehead atoms. The number of esters is 1. The van der Waals surface area contributed by atoms with Crippen LogP contribution in [0.3, 0.4) is 0 Å². The number of carbonyl (C=O) groups excluding carboxylic acids is 3. The van der Waals surface area contributed by atoms with E-state index in [1.807, 2.05) is 29.6 Å². The van der Waals surface area contributed by atoms with Crippen LogP contribution in [-0.2, 0) is 20.7 Å².